The number of nitrogens with one attached hydrogen (secondary N) is 3. The van der Waals surface area contributed by atoms with Gasteiger partial charge < -0.3 is 20.7 Å². The first-order valence-electron chi connectivity index (χ1n) is 9.99. The molecule has 1 heterocycles. The smallest absolute Gasteiger partial charge is 0.324 e. The highest BCUT2D eigenvalue weighted by Crippen LogP contribution is 2.27. The summed E-state index contributed by atoms with van der Waals surface area (Å²) in [5.41, 5.74) is 2.06. The van der Waals surface area contributed by atoms with Crippen molar-refractivity contribution in [3.63, 3.8) is 0 Å². The number of hydrogen-bond acceptors (Lipinski definition) is 4. The second-order valence-electron chi connectivity index (χ2n) is 6.85. The Bertz CT molecular complexity index is 905. The SMILES string of the molecule is CCNC(=NCc1ccc(C)cc1Oc1ccccc1)NCCN1C(=O)CNC1=O.I. The van der Waals surface area contributed by atoms with Gasteiger partial charge in [0.15, 0.2) is 5.96 Å². The van der Waals surface area contributed by atoms with Crippen LogP contribution in [0, 0.1) is 6.92 Å². The molecule has 1 saturated heterocycles. The van der Waals surface area contributed by atoms with E-state index in [4.69, 9.17) is 4.74 Å². The Morgan fingerprint density at radius 3 is 2.61 bits per heavy atom. The third-order valence-corrected chi connectivity index (χ3v) is 4.51. The summed E-state index contributed by atoms with van der Waals surface area (Å²) < 4.78 is 6.06. The largest absolute Gasteiger partial charge is 0.457 e. The van der Waals surface area contributed by atoms with Gasteiger partial charge in [-0.1, -0.05) is 30.3 Å². The van der Waals surface area contributed by atoms with Crippen LogP contribution < -0.4 is 20.7 Å². The molecule has 0 unspecified atom stereocenters. The highest BCUT2D eigenvalue weighted by molar-refractivity contribution is 14.0. The summed E-state index contributed by atoms with van der Waals surface area (Å²) in [6.07, 6.45) is 0. The van der Waals surface area contributed by atoms with E-state index in [-0.39, 0.29) is 49.0 Å². The van der Waals surface area contributed by atoms with E-state index in [9.17, 15) is 9.59 Å². The van der Waals surface area contributed by atoms with Gasteiger partial charge >= 0.3 is 6.03 Å². The lowest BCUT2D eigenvalue weighted by atomic mass is 10.1. The number of carbonyl (C=O) groups excluding carboxylic acids is 2. The molecule has 0 spiro atoms. The van der Waals surface area contributed by atoms with Gasteiger partial charge in [-0.15, -0.1) is 24.0 Å². The molecule has 31 heavy (non-hydrogen) atoms. The first-order chi connectivity index (χ1) is 14.6. The van der Waals surface area contributed by atoms with Crippen LogP contribution in [-0.2, 0) is 11.3 Å². The third-order valence-electron chi connectivity index (χ3n) is 4.51. The summed E-state index contributed by atoms with van der Waals surface area (Å²) in [4.78, 5) is 29.1. The Morgan fingerprint density at radius 2 is 1.94 bits per heavy atom. The van der Waals surface area contributed by atoms with Gasteiger partial charge in [0.05, 0.1) is 13.1 Å². The number of para-hydroxylation sites is 1. The topological polar surface area (TPSA) is 95.1 Å². The number of aryl methyl sites for hydroxylation is 1. The van der Waals surface area contributed by atoms with Gasteiger partial charge in [-0.25, -0.2) is 9.79 Å². The number of imide groups is 1. The van der Waals surface area contributed by atoms with Crippen molar-refractivity contribution in [2.45, 2.75) is 20.4 Å². The quantitative estimate of drug-likeness (QED) is 0.208. The predicted octanol–water partition coefficient (Wildman–Crippen LogP) is 3.01. The van der Waals surface area contributed by atoms with Gasteiger partial charge in [0.25, 0.3) is 0 Å². The normalized spacial score (nSPS) is 13.5. The number of aliphatic imine (C=N–C) groups is 1. The summed E-state index contributed by atoms with van der Waals surface area (Å²) >= 11 is 0. The molecule has 3 N–H and O–H groups in total. The minimum Gasteiger partial charge on any atom is -0.457 e. The summed E-state index contributed by atoms with van der Waals surface area (Å²) in [6.45, 7) is 5.85. The molecule has 0 radical (unpaired) electrons. The Labute approximate surface area is 199 Å². The van der Waals surface area contributed by atoms with Gasteiger partial charge in [-0.2, -0.15) is 0 Å². The molecule has 8 nitrogen and oxygen atoms in total. The van der Waals surface area contributed by atoms with Crippen LogP contribution in [0.4, 0.5) is 4.79 Å². The van der Waals surface area contributed by atoms with Crippen LogP contribution in [0.25, 0.3) is 0 Å². The number of guanidine groups is 1. The first-order valence-corrected chi connectivity index (χ1v) is 9.99. The maximum atomic E-state index is 11.7. The van der Waals surface area contributed by atoms with Gasteiger partial charge in [0, 0.05) is 25.2 Å². The Kier molecular flexibility index (Phi) is 9.57. The minimum absolute atomic E-state index is 0. The number of ether oxygens (including phenoxy) is 1. The summed E-state index contributed by atoms with van der Waals surface area (Å²) in [6, 6.07) is 15.3. The molecule has 0 bridgehead atoms. The number of hydrogen-bond donors (Lipinski definition) is 3. The highest BCUT2D eigenvalue weighted by Gasteiger charge is 2.27. The van der Waals surface area contributed by atoms with Crippen LogP contribution >= 0.6 is 24.0 Å². The molecule has 9 heteroatoms. The van der Waals surface area contributed by atoms with Crippen LogP contribution in [-0.4, -0.2) is 49.0 Å². The fourth-order valence-electron chi connectivity index (χ4n) is 2.98. The Hall–Kier alpha value is -2.82. The van der Waals surface area contributed by atoms with Crippen molar-refractivity contribution in [2.24, 2.45) is 4.99 Å². The molecule has 0 saturated carbocycles. The van der Waals surface area contributed by atoms with Crippen LogP contribution in [0.2, 0.25) is 0 Å². The predicted molar refractivity (Wildman–Crippen MR) is 131 cm³/mol. The minimum atomic E-state index is -0.355. The van der Waals surface area contributed by atoms with Gasteiger partial charge in [0.2, 0.25) is 5.91 Å². The van der Waals surface area contributed by atoms with E-state index in [0.29, 0.717) is 25.6 Å². The maximum absolute atomic E-state index is 11.7. The Morgan fingerprint density at radius 1 is 1.16 bits per heavy atom. The molecule has 0 aliphatic carbocycles. The number of amides is 3. The van der Waals surface area contributed by atoms with Crippen molar-refractivity contribution in [3.8, 4) is 11.5 Å². The van der Waals surface area contributed by atoms with Crippen LogP contribution in [0.1, 0.15) is 18.1 Å². The monoisotopic (exact) mass is 537 g/mol. The molecule has 1 aliphatic heterocycles. The zero-order valence-corrected chi connectivity index (χ0v) is 20.0. The second kappa shape index (κ2) is 12.1. The maximum Gasteiger partial charge on any atom is 0.324 e. The molecule has 2 aromatic rings. The summed E-state index contributed by atoms with van der Waals surface area (Å²) in [5, 5.41) is 8.85. The molecular weight excluding hydrogens is 509 g/mol. The lowest BCUT2D eigenvalue weighted by Crippen LogP contribution is -2.43. The number of carbonyl (C=O) groups is 2. The molecule has 1 aliphatic rings. The fraction of sp³-hybridized carbons (Fsp3) is 0.318. The zero-order valence-electron chi connectivity index (χ0n) is 17.7. The van der Waals surface area contributed by atoms with E-state index < -0.39 is 0 Å². The molecule has 1 fully saturated rings. The van der Waals surface area contributed by atoms with Crippen molar-refractivity contribution in [1.82, 2.24) is 20.9 Å². The van der Waals surface area contributed by atoms with E-state index in [1.807, 2.05) is 62.4 Å². The third kappa shape index (κ3) is 7.12. The molecule has 0 atom stereocenters. The van der Waals surface area contributed by atoms with Crippen molar-refractivity contribution < 1.29 is 14.3 Å². The van der Waals surface area contributed by atoms with Gasteiger partial charge in [0.1, 0.15) is 11.5 Å². The number of urea groups is 1. The van der Waals surface area contributed by atoms with E-state index in [2.05, 4.69) is 20.9 Å². The molecule has 166 valence electrons. The lowest BCUT2D eigenvalue weighted by Gasteiger charge is -2.16. The van der Waals surface area contributed by atoms with Crippen LogP contribution in [0.5, 0.6) is 11.5 Å². The number of nitrogens with zero attached hydrogens (tertiary/aromatic N) is 2. The lowest BCUT2D eigenvalue weighted by molar-refractivity contribution is -0.124. The molecule has 0 aromatic heterocycles. The fourth-order valence-corrected chi connectivity index (χ4v) is 2.98. The van der Waals surface area contributed by atoms with E-state index in [1.165, 1.54) is 4.90 Å². The zero-order chi connectivity index (χ0) is 21.3. The standard InChI is InChI=1S/C22H27N5O3.HI/c1-3-23-21(24-11-12-27-20(28)15-26-22(27)29)25-14-17-10-9-16(2)13-19(17)30-18-7-5-4-6-8-18;/h4-10,13H,3,11-12,14-15H2,1-2H3,(H,26,29)(H2,23,24,25);1H. The van der Waals surface area contributed by atoms with Crippen molar-refractivity contribution >= 4 is 41.9 Å². The van der Waals surface area contributed by atoms with Gasteiger partial charge in [-0.05, 0) is 37.6 Å². The van der Waals surface area contributed by atoms with Crippen LogP contribution in [0.3, 0.4) is 0 Å². The van der Waals surface area contributed by atoms with Crippen molar-refractivity contribution in [3.05, 3.63) is 59.7 Å². The second-order valence-corrected chi connectivity index (χ2v) is 6.85. The highest BCUT2D eigenvalue weighted by atomic mass is 127. The molecule has 3 rings (SSSR count). The van der Waals surface area contributed by atoms with Gasteiger partial charge in [-0.3, -0.25) is 9.69 Å². The van der Waals surface area contributed by atoms with Crippen molar-refractivity contribution in [1.29, 1.82) is 0 Å². The van der Waals surface area contributed by atoms with Crippen molar-refractivity contribution in [2.75, 3.05) is 26.2 Å². The number of rotatable bonds is 8. The molecule has 3 amide bonds. The molecule has 2 aromatic carbocycles. The average Bonchev–Trinajstić information content (AvgIpc) is 3.06. The number of halogens is 1. The molecular formula is C22H28IN5O3. The van der Waals surface area contributed by atoms with Crippen LogP contribution in [0.15, 0.2) is 53.5 Å². The summed E-state index contributed by atoms with van der Waals surface area (Å²) in [5.74, 6) is 1.92. The number of benzene rings is 2. The first kappa shape index (κ1) is 24.4. The average molecular weight is 537 g/mol. The van der Waals surface area contributed by atoms with E-state index in [1.54, 1.807) is 0 Å². The van der Waals surface area contributed by atoms with E-state index in [0.717, 1.165) is 22.6 Å². The summed E-state index contributed by atoms with van der Waals surface area (Å²) in [7, 11) is 0. The Balaban J connectivity index is 0.00000341. The van der Waals surface area contributed by atoms with E-state index >= 15 is 0 Å².